The maximum atomic E-state index is 5.94. The minimum absolute atomic E-state index is 0.632. The van der Waals surface area contributed by atoms with Gasteiger partial charge in [0.1, 0.15) is 12.4 Å². The molecule has 0 spiro atoms. The van der Waals surface area contributed by atoms with E-state index in [0.29, 0.717) is 18.4 Å². The van der Waals surface area contributed by atoms with E-state index in [9.17, 15) is 0 Å². The number of aromatic nitrogens is 1. The van der Waals surface area contributed by atoms with Gasteiger partial charge < -0.3 is 14.2 Å². The molecule has 0 atom stereocenters. The van der Waals surface area contributed by atoms with E-state index >= 15 is 0 Å². The molecule has 128 valence electrons. The van der Waals surface area contributed by atoms with Gasteiger partial charge in [-0.2, -0.15) is 0 Å². The molecule has 1 aliphatic heterocycles. The van der Waals surface area contributed by atoms with E-state index in [1.165, 1.54) is 18.4 Å². The molecule has 2 fully saturated rings. The summed E-state index contributed by atoms with van der Waals surface area (Å²) in [6.45, 7) is 5.11. The highest BCUT2D eigenvalue weighted by Gasteiger charge is 2.26. The quantitative estimate of drug-likeness (QED) is 0.816. The van der Waals surface area contributed by atoms with Crippen LogP contribution in [0.15, 0.2) is 24.3 Å². The monoisotopic (exact) mass is 328 g/mol. The molecule has 4 rings (SSSR count). The fourth-order valence-corrected chi connectivity index (χ4v) is 3.29. The highest BCUT2D eigenvalue weighted by atomic mass is 16.5. The molecule has 5 nitrogen and oxygen atoms in total. The number of ether oxygens (including phenoxy) is 3. The van der Waals surface area contributed by atoms with Crippen molar-refractivity contribution in [3.63, 3.8) is 0 Å². The van der Waals surface area contributed by atoms with Crippen molar-refractivity contribution in [2.24, 2.45) is 0 Å². The van der Waals surface area contributed by atoms with Gasteiger partial charge in [-0.25, -0.2) is 4.98 Å². The molecule has 1 aliphatic carbocycles. The molecule has 1 saturated carbocycles. The zero-order valence-corrected chi connectivity index (χ0v) is 14.2. The van der Waals surface area contributed by atoms with Crippen LogP contribution < -0.4 is 9.47 Å². The van der Waals surface area contributed by atoms with E-state index in [1.54, 1.807) is 7.11 Å². The van der Waals surface area contributed by atoms with E-state index in [2.05, 4.69) is 23.1 Å². The molecule has 0 unspecified atom stereocenters. The summed E-state index contributed by atoms with van der Waals surface area (Å²) in [6, 6.07) is 8.26. The fourth-order valence-electron chi connectivity index (χ4n) is 3.29. The summed E-state index contributed by atoms with van der Waals surface area (Å²) >= 11 is 0. The molecular weight excluding hydrogens is 304 g/mol. The largest absolute Gasteiger partial charge is 0.496 e. The Morgan fingerprint density at radius 3 is 2.83 bits per heavy atom. The molecule has 2 aliphatic rings. The average Bonchev–Trinajstić information content (AvgIpc) is 3.46. The van der Waals surface area contributed by atoms with Crippen molar-refractivity contribution in [1.29, 1.82) is 0 Å². The van der Waals surface area contributed by atoms with Crippen LogP contribution in [0.3, 0.4) is 0 Å². The van der Waals surface area contributed by atoms with Gasteiger partial charge in [0.05, 0.1) is 25.8 Å². The second kappa shape index (κ2) is 6.95. The van der Waals surface area contributed by atoms with Crippen molar-refractivity contribution in [1.82, 2.24) is 9.88 Å². The van der Waals surface area contributed by atoms with E-state index < -0.39 is 0 Å². The molecule has 1 saturated heterocycles. The lowest BCUT2D eigenvalue weighted by atomic mass is 10.1. The van der Waals surface area contributed by atoms with Crippen molar-refractivity contribution < 1.29 is 14.2 Å². The third kappa shape index (κ3) is 3.32. The Morgan fingerprint density at radius 2 is 2.08 bits per heavy atom. The summed E-state index contributed by atoms with van der Waals surface area (Å²) in [5, 5.41) is 1.07. The maximum Gasteiger partial charge on any atom is 0.217 e. The molecule has 0 bridgehead atoms. The van der Waals surface area contributed by atoms with Crippen LogP contribution in [0, 0.1) is 0 Å². The number of nitrogens with zero attached hydrogens (tertiary/aromatic N) is 2. The van der Waals surface area contributed by atoms with Gasteiger partial charge in [0.25, 0.3) is 0 Å². The van der Waals surface area contributed by atoms with Crippen LogP contribution in [0.2, 0.25) is 0 Å². The summed E-state index contributed by atoms with van der Waals surface area (Å²) in [5.74, 6) is 2.14. The van der Waals surface area contributed by atoms with Gasteiger partial charge in [0.15, 0.2) is 0 Å². The Morgan fingerprint density at radius 1 is 1.25 bits per heavy atom. The van der Waals surface area contributed by atoms with Crippen molar-refractivity contribution >= 4 is 10.9 Å². The van der Waals surface area contributed by atoms with Crippen LogP contribution >= 0.6 is 0 Å². The maximum absolute atomic E-state index is 5.94. The first-order valence-electron chi connectivity index (χ1n) is 8.75. The Bertz CT molecular complexity index is 709. The topological polar surface area (TPSA) is 43.8 Å². The lowest BCUT2D eigenvalue weighted by molar-refractivity contribution is 0.0320. The SMILES string of the molecule is COc1cc(OCCN2CCOCC2)nc2c(C3CC3)cccc12. The van der Waals surface area contributed by atoms with Gasteiger partial charge in [-0.15, -0.1) is 0 Å². The number of fused-ring (bicyclic) bond motifs is 1. The standard InChI is InChI=1S/C19H24N2O3/c1-22-17-13-18(24-12-9-21-7-10-23-11-8-21)20-19-15(14-5-6-14)3-2-4-16(17)19/h2-4,13-14H,5-12H2,1H3. The number of morpholine rings is 1. The molecule has 5 heteroatoms. The first-order chi connectivity index (χ1) is 11.8. The summed E-state index contributed by atoms with van der Waals surface area (Å²) in [7, 11) is 1.70. The van der Waals surface area contributed by atoms with E-state index in [4.69, 9.17) is 19.2 Å². The number of pyridine rings is 1. The van der Waals surface area contributed by atoms with Gasteiger partial charge in [0.2, 0.25) is 5.88 Å². The fraction of sp³-hybridized carbons (Fsp3) is 0.526. The van der Waals surface area contributed by atoms with Crippen molar-refractivity contribution in [3.05, 3.63) is 29.8 Å². The van der Waals surface area contributed by atoms with Crippen LogP contribution in [0.1, 0.15) is 24.3 Å². The minimum Gasteiger partial charge on any atom is -0.496 e. The molecule has 1 aromatic carbocycles. The molecular formula is C19H24N2O3. The Balaban J connectivity index is 1.53. The Labute approximate surface area is 142 Å². The molecule has 0 N–H and O–H groups in total. The third-order valence-electron chi connectivity index (χ3n) is 4.81. The highest BCUT2D eigenvalue weighted by Crippen LogP contribution is 2.44. The van der Waals surface area contributed by atoms with Gasteiger partial charge >= 0.3 is 0 Å². The second-order valence-corrected chi connectivity index (χ2v) is 6.48. The first kappa shape index (κ1) is 15.7. The summed E-state index contributed by atoms with van der Waals surface area (Å²) in [4.78, 5) is 7.14. The van der Waals surface area contributed by atoms with E-state index in [1.807, 2.05) is 6.07 Å². The summed E-state index contributed by atoms with van der Waals surface area (Å²) in [5.41, 5.74) is 2.35. The number of rotatable bonds is 6. The lowest BCUT2D eigenvalue weighted by Crippen LogP contribution is -2.38. The number of hydrogen-bond donors (Lipinski definition) is 0. The number of benzene rings is 1. The van der Waals surface area contributed by atoms with Crippen LogP contribution in [0.25, 0.3) is 10.9 Å². The molecule has 2 heterocycles. The van der Waals surface area contributed by atoms with E-state index in [-0.39, 0.29) is 0 Å². The molecule has 0 radical (unpaired) electrons. The average molecular weight is 328 g/mol. The normalized spacial score (nSPS) is 18.7. The van der Waals surface area contributed by atoms with Crippen LogP contribution in [0.4, 0.5) is 0 Å². The molecule has 24 heavy (non-hydrogen) atoms. The van der Waals surface area contributed by atoms with E-state index in [0.717, 1.165) is 49.5 Å². The van der Waals surface area contributed by atoms with Gasteiger partial charge in [-0.05, 0) is 30.4 Å². The first-order valence-corrected chi connectivity index (χ1v) is 8.75. The van der Waals surface area contributed by atoms with Crippen molar-refractivity contribution in [2.45, 2.75) is 18.8 Å². The van der Waals surface area contributed by atoms with Crippen molar-refractivity contribution in [2.75, 3.05) is 46.6 Å². The second-order valence-electron chi connectivity index (χ2n) is 6.48. The third-order valence-corrected chi connectivity index (χ3v) is 4.81. The van der Waals surface area contributed by atoms with Gasteiger partial charge in [0, 0.05) is 31.1 Å². The number of methoxy groups -OCH3 is 1. The Kier molecular flexibility index (Phi) is 4.54. The molecule has 2 aromatic rings. The lowest BCUT2D eigenvalue weighted by Gasteiger charge is -2.26. The van der Waals surface area contributed by atoms with Crippen molar-refractivity contribution in [3.8, 4) is 11.6 Å². The van der Waals surface area contributed by atoms with Crippen LogP contribution in [-0.4, -0.2) is 56.4 Å². The molecule has 1 aromatic heterocycles. The predicted octanol–water partition coefficient (Wildman–Crippen LogP) is 2.83. The number of para-hydroxylation sites is 1. The Hall–Kier alpha value is -1.85. The molecule has 0 amide bonds. The zero-order valence-electron chi connectivity index (χ0n) is 14.2. The van der Waals surface area contributed by atoms with Gasteiger partial charge in [-0.3, -0.25) is 4.90 Å². The zero-order chi connectivity index (χ0) is 16.4. The van der Waals surface area contributed by atoms with Crippen LogP contribution in [0.5, 0.6) is 11.6 Å². The summed E-state index contributed by atoms with van der Waals surface area (Å²) in [6.07, 6.45) is 2.51. The number of hydrogen-bond acceptors (Lipinski definition) is 5. The smallest absolute Gasteiger partial charge is 0.217 e. The highest BCUT2D eigenvalue weighted by molar-refractivity contribution is 5.89. The van der Waals surface area contributed by atoms with Crippen LogP contribution in [-0.2, 0) is 4.74 Å². The predicted molar refractivity (Wildman–Crippen MR) is 93.0 cm³/mol. The minimum atomic E-state index is 0.632. The van der Waals surface area contributed by atoms with Gasteiger partial charge in [-0.1, -0.05) is 12.1 Å². The summed E-state index contributed by atoms with van der Waals surface area (Å²) < 4.78 is 16.9.